The van der Waals surface area contributed by atoms with Gasteiger partial charge in [0.05, 0.1) is 10.2 Å². The third kappa shape index (κ3) is 2.33. The van der Waals surface area contributed by atoms with Crippen LogP contribution >= 0.6 is 11.3 Å². The van der Waals surface area contributed by atoms with Gasteiger partial charge >= 0.3 is 0 Å². The molecule has 0 aliphatic carbocycles. The molecule has 0 spiro atoms. The molecule has 1 aromatic carbocycles. The summed E-state index contributed by atoms with van der Waals surface area (Å²) in [6, 6.07) is 8.53. The summed E-state index contributed by atoms with van der Waals surface area (Å²) in [6.45, 7) is 4.98. The molecule has 1 aromatic heterocycles. The zero-order valence-corrected chi connectivity index (χ0v) is 10.4. The van der Waals surface area contributed by atoms with Gasteiger partial charge in [0.2, 0.25) is 0 Å². The average Bonchev–Trinajstić information content (AvgIpc) is 2.69. The molecule has 0 radical (unpaired) electrons. The van der Waals surface area contributed by atoms with E-state index in [4.69, 9.17) is 5.73 Å². The van der Waals surface area contributed by atoms with Gasteiger partial charge in [-0.1, -0.05) is 30.4 Å². The largest absolute Gasteiger partial charge is 0.359 e. The number of fused-ring (bicyclic) bond motifs is 1. The second kappa shape index (κ2) is 4.80. The molecule has 0 amide bonds. The minimum atomic E-state index is 0.352. The van der Waals surface area contributed by atoms with Gasteiger partial charge in [0.25, 0.3) is 0 Å². The van der Waals surface area contributed by atoms with Crippen molar-refractivity contribution in [2.45, 2.75) is 19.9 Å². The van der Waals surface area contributed by atoms with Gasteiger partial charge in [0.15, 0.2) is 5.13 Å². The molecule has 0 saturated carbocycles. The number of nitrogens with zero attached hydrogens (tertiary/aromatic N) is 1. The number of hydrogen-bond donors (Lipinski definition) is 2. The fourth-order valence-electron chi connectivity index (χ4n) is 1.48. The van der Waals surface area contributed by atoms with Crippen molar-refractivity contribution in [2.24, 2.45) is 11.7 Å². The van der Waals surface area contributed by atoms with Gasteiger partial charge in [0.1, 0.15) is 0 Å². The number of nitrogens with two attached hydrogens (primary N) is 1. The molecule has 1 heterocycles. The maximum Gasteiger partial charge on any atom is 0.184 e. The fraction of sp³-hybridized carbons (Fsp3) is 0.417. The standard InChI is InChI=1S/C12H17N3S/c1-8(7-13)9(2)14-12-15-10-5-3-4-6-11(10)16-12/h3-6,8-9H,7,13H2,1-2H3,(H,14,15). The number of anilines is 1. The molecule has 2 rings (SSSR count). The Morgan fingerprint density at radius 2 is 2.12 bits per heavy atom. The smallest absolute Gasteiger partial charge is 0.184 e. The predicted octanol–water partition coefficient (Wildman–Crippen LogP) is 2.69. The molecular weight excluding hydrogens is 218 g/mol. The van der Waals surface area contributed by atoms with Crippen molar-refractivity contribution in [2.75, 3.05) is 11.9 Å². The SMILES string of the molecule is CC(CN)C(C)Nc1nc2ccccc2s1. The van der Waals surface area contributed by atoms with Crippen LogP contribution < -0.4 is 11.1 Å². The third-order valence-electron chi connectivity index (χ3n) is 2.87. The Bertz CT molecular complexity index is 433. The van der Waals surface area contributed by atoms with Crippen molar-refractivity contribution in [1.82, 2.24) is 4.98 Å². The molecule has 2 atom stereocenters. The minimum absolute atomic E-state index is 0.352. The highest BCUT2D eigenvalue weighted by atomic mass is 32.1. The molecule has 0 saturated heterocycles. The summed E-state index contributed by atoms with van der Waals surface area (Å²) in [5, 5.41) is 4.39. The van der Waals surface area contributed by atoms with E-state index in [-0.39, 0.29) is 0 Å². The summed E-state index contributed by atoms with van der Waals surface area (Å²) in [6.07, 6.45) is 0. The molecular formula is C12H17N3S. The maximum atomic E-state index is 5.64. The number of hydrogen-bond acceptors (Lipinski definition) is 4. The highest BCUT2D eigenvalue weighted by Gasteiger charge is 2.12. The zero-order chi connectivity index (χ0) is 11.5. The Morgan fingerprint density at radius 1 is 1.38 bits per heavy atom. The molecule has 3 N–H and O–H groups in total. The van der Waals surface area contributed by atoms with Gasteiger partial charge in [-0.25, -0.2) is 4.98 Å². The first kappa shape index (κ1) is 11.4. The molecule has 0 fully saturated rings. The number of rotatable bonds is 4. The van der Waals surface area contributed by atoms with Crippen molar-refractivity contribution in [3.05, 3.63) is 24.3 Å². The highest BCUT2D eigenvalue weighted by Crippen LogP contribution is 2.26. The third-order valence-corrected chi connectivity index (χ3v) is 3.84. The van der Waals surface area contributed by atoms with Gasteiger partial charge < -0.3 is 11.1 Å². The van der Waals surface area contributed by atoms with Crippen molar-refractivity contribution in [1.29, 1.82) is 0 Å². The van der Waals surface area contributed by atoms with Crippen LogP contribution in [0.15, 0.2) is 24.3 Å². The van der Waals surface area contributed by atoms with Gasteiger partial charge in [-0.05, 0) is 31.5 Å². The normalized spacial score (nSPS) is 14.9. The van der Waals surface area contributed by atoms with Crippen LogP contribution in [0.25, 0.3) is 10.2 Å². The van der Waals surface area contributed by atoms with Gasteiger partial charge in [-0.3, -0.25) is 0 Å². The molecule has 0 aliphatic heterocycles. The summed E-state index contributed by atoms with van der Waals surface area (Å²) in [7, 11) is 0. The van der Waals surface area contributed by atoms with E-state index < -0.39 is 0 Å². The van der Waals surface area contributed by atoms with E-state index in [0.29, 0.717) is 18.5 Å². The van der Waals surface area contributed by atoms with E-state index >= 15 is 0 Å². The van der Waals surface area contributed by atoms with Crippen LogP contribution in [0.5, 0.6) is 0 Å². The van der Waals surface area contributed by atoms with E-state index in [1.807, 2.05) is 18.2 Å². The molecule has 16 heavy (non-hydrogen) atoms. The Kier molecular flexibility index (Phi) is 3.41. The molecule has 2 aromatic rings. The number of benzene rings is 1. The van der Waals surface area contributed by atoms with Crippen molar-refractivity contribution in [3.8, 4) is 0 Å². The highest BCUT2D eigenvalue weighted by molar-refractivity contribution is 7.22. The Balaban J connectivity index is 2.15. The fourth-order valence-corrected chi connectivity index (χ4v) is 2.44. The van der Waals surface area contributed by atoms with Crippen LogP contribution in [-0.4, -0.2) is 17.6 Å². The lowest BCUT2D eigenvalue weighted by Crippen LogP contribution is -2.29. The Morgan fingerprint density at radius 3 is 2.81 bits per heavy atom. The molecule has 3 nitrogen and oxygen atoms in total. The topological polar surface area (TPSA) is 50.9 Å². The van der Waals surface area contributed by atoms with Crippen molar-refractivity contribution >= 4 is 26.7 Å². The van der Waals surface area contributed by atoms with Gasteiger partial charge in [0, 0.05) is 6.04 Å². The molecule has 2 unspecified atom stereocenters. The van der Waals surface area contributed by atoms with E-state index in [0.717, 1.165) is 10.6 Å². The van der Waals surface area contributed by atoms with E-state index in [1.165, 1.54) is 4.70 Å². The van der Waals surface area contributed by atoms with Crippen molar-refractivity contribution in [3.63, 3.8) is 0 Å². The van der Waals surface area contributed by atoms with Crippen LogP contribution in [0, 0.1) is 5.92 Å². The zero-order valence-electron chi connectivity index (χ0n) is 9.60. The Hall–Kier alpha value is -1.13. The average molecular weight is 235 g/mol. The second-order valence-electron chi connectivity index (χ2n) is 4.13. The molecule has 86 valence electrons. The van der Waals surface area contributed by atoms with Crippen LogP contribution in [0.3, 0.4) is 0 Å². The summed E-state index contributed by atoms with van der Waals surface area (Å²) in [4.78, 5) is 4.54. The van der Waals surface area contributed by atoms with E-state index in [1.54, 1.807) is 11.3 Å². The maximum absolute atomic E-state index is 5.64. The monoisotopic (exact) mass is 235 g/mol. The lowest BCUT2D eigenvalue weighted by Gasteiger charge is -2.18. The molecule has 0 bridgehead atoms. The first-order valence-corrected chi connectivity index (χ1v) is 6.34. The first-order chi connectivity index (χ1) is 7.70. The lowest BCUT2D eigenvalue weighted by molar-refractivity contribution is 0.521. The Labute approximate surface area is 99.7 Å². The second-order valence-corrected chi connectivity index (χ2v) is 5.16. The minimum Gasteiger partial charge on any atom is -0.359 e. The number of nitrogens with one attached hydrogen (secondary N) is 1. The molecule has 0 aliphatic rings. The van der Waals surface area contributed by atoms with Crippen LogP contribution in [0.1, 0.15) is 13.8 Å². The number of thiazole rings is 1. The van der Waals surface area contributed by atoms with Crippen LogP contribution in [0.2, 0.25) is 0 Å². The predicted molar refractivity (Wildman–Crippen MR) is 70.9 cm³/mol. The van der Waals surface area contributed by atoms with E-state index in [2.05, 4.69) is 30.2 Å². The van der Waals surface area contributed by atoms with Gasteiger partial charge in [-0.2, -0.15) is 0 Å². The first-order valence-electron chi connectivity index (χ1n) is 5.53. The van der Waals surface area contributed by atoms with Crippen LogP contribution in [0.4, 0.5) is 5.13 Å². The van der Waals surface area contributed by atoms with Gasteiger partial charge in [-0.15, -0.1) is 0 Å². The summed E-state index contributed by atoms with van der Waals surface area (Å²) >= 11 is 1.69. The summed E-state index contributed by atoms with van der Waals surface area (Å²) < 4.78 is 1.22. The summed E-state index contributed by atoms with van der Waals surface area (Å²) in [5.74, 6) is 0.451. The lowest BCUT2D eigenvalue weighted by atomic mass is 10.1. The van der Waals surface area contributed by atoms with Crippen molar-refractivity contribution < 1.29 is 0 Å². The molecule has 4 heteroatoms. The number of para-hydroxylation sites is 1. The quantitative estimate of drug-likeness (QED) is 0.856. The number of aromatic nitrogens is 1. The van der Waals surface area contributed by atoms with E-state index in [9.17, 15) is 0 Å². The van der Waals surface area contributed by atoms with Crippen LogP contribution in [-0.2, 0) is 0 Å². The summed E-state index contributed by atoms with van der Waals surface area (Å²) in [5.41, 5.74) is 6.70.